The van der Waals surface area contributed by atoms with E-state index in [4.69, 9.17) is 4.74 Å². The number of rotatable bonds is 8. The van der Waals surface area contributed by atoms with E-state index in [2.05, 4.69) is 27.8 Å². The van der Waals surface area contributed by atoms with Crippen molar-refractivity contribution in [3.8, 4) is 10.7 Å². The lowest BCUT2D eigenvalue weighted by Crippen LogP contribution is -2.43. The van der Waals surface area contributed by atoms with Gasteiger partial charge in [0.1, 0.15) is 0 Å². The molecule has 0 unspecified atom stereocenters. The summed E-state index contributed by atoms with van der Waals surface area (Å²) in [5.74, 6) is 1.49. The van der Waals surface area contributed by atoms with Gasteiger partial charge in [0.25, 0.3) is 0 Å². The monoisotopic (exact) mass is 394 g/mol. The first-order chi connectivity index (χ1) is 12.7. The molecule has 0 bridgehead atoms. The second kappa shape index (κ2) is 9.53. The molecule has 1 aliphatic rings. The van der Waals surface area contributed by atoms with Gasteiger partial charge in [-0.3, -0.25) is 4.79 Å². The van der Waals surface area contributed by atoms with Crippen LogP contribution in [0.3, 0.4) is 0 Å². The summed E-state index contributed by atoms with van der Waals surface area (Å²) < 4.78 is 7.29. The maximum Gasteiger partial charge on any atom is 0.233 e. The minimum Gasteiger partial charge on any atom is -0.385 e. The van der Waals surface area contributed by atoms with Gasteiger partial charge in [-0.2, -0.15) is 0 Å². The number of ether oxygens (including phenoxy) is 1. The van der Waals surface area contributed by atoms with E-state index in [0.717, 1.165) is 48.2 Å². The number of nitrogens with zero attached hydrogens (tertiary/aromatic N) is 4. The Hall–Kier alpha value is -1.38. The van der Waals surface area contributed by atoms with E-state index in [9.17, 15) is 4.79 Å². The van der Waals surface area contributed by atoms with Crippen LogP contribution in [-0.4, -0.2) is 57.6 Å². The Morgan fingerprint density at radius 3 is 3.04 bits per heavy atom. The highest BCUT2D eigenvalue weighted by atomic mass is 32.2. The summed E-state index contributed by atoms with van der Waals surface area (Å²) in [5, 5.41) is 11.6. The van der Waals surface area contributed by atoms with E-state index < -0.39 is 0 Å². The molecule has 1 fully saturated rings. The smallest absolute Gasteiger partial charge is 0.233 e. The van der Waals surface area contributed by atoms with E-state index in [1.807, 2.05) is 16.3 Å². The number of carbonyl (C=O) groups is 1. The molecule has 8 heteroatoms. The van der Waals surface area contributed by atoms with Gasteiger partial charge in [0, 0.05) is 32.8 Å². The highest BCUT2D eigenvalue weighted by Crippen LogP contribution is 2.28. The van der Waals surface area contributed by atoms with Crippen molar-refractivity contribution in [2.45, 2.75) is 50.4 Å². The molecule has 2 aromatic heterocycles. The number of aromatic nitrogens is 3. The van der Waals surface area contributed by atoms with Crippen molar-refractivity contribution >= 4 is 29.0 Å². The molecule has 0 saturated carbocycles. The minimum absolute atomic E-state index is 0.200. The molecule has 0 radical (unpaired) electrons. The maximum absolute atomic E-state index is 12.6. The first kappa shape index (κ1) is 19.4. The van der Waals surface area contributed by atoms with Gasteiger partial charge in [-0.25, -0.2) is 0 Å². The summed E-state index contributed by atoms with van der Waals surface area (Å²) in [7, 11) is 1.71. The van der Waals surface area contributed by atoms with Crippen LogP contribution in [0.15, 0.2) is 22.7 Å². The van der Waals surface area contributed by atoms with Gasteiger partial charge in [0.05, 0.1) is 10.6 Å². The Morgan fingerprint density at radius 1 is 1.42 bits per heavy atom. The van der Waals surface area contributed by atoms with E-state index in [0.29, 0.717) is 18.4 Å². The SMILES string of the molecule is COCCCn1c(SCC(=O)N2CCCC[C@H]2C)nnc1-c1cccs1. The first-order valence-corrected chi connectivity index (χ1v) is 11.0. The molecular formula is C18H26N4O2S2. The molecule has 0 aromatic carbocycles. The number of amides is 1. The molecule has 6 nitrogen and oxygen atoms in total. The third-order valence-electron chi connectivity index (χ3n) is 4.64. The van der Waals surface area contributed by atoms with Gasteiger partial charge in [-0.05, 0) is 44.1 Å². The summed E-state index contributed by atoms with van der Waals surface area (Å²) in [6, 6.07) is 4.41. The quantitative estimate of drug-likeness (QED) is 0.506. The third-order valence-corrected chi connectivity index (χ3v) is 6.45. The molecule has 1 amide bonds. The molecule has 1 saturated heterocycles. The molecule has 1 aliphatic heterocycles. The lowest BCUT2D eigenvalue weighted by Gasteiger charge is -2.33. The largest absolute Gasteiger partial charge is 0.385 e. The highest BCUT2D eigenvalue weighted by Gasteiger charge is 2.24. The van der Waals surface area contributed by atoms with Crippen molar-refractivity contribution in [2.24, 2.45) is 0 Å². The fraction of sp³-hybridized carbons (Fsp3) is 0.611. The second-order valence-corrected chi connectivity index (χ2v) is 8.39. The average molecular weight is 395 g/mol. The van der Waals surface area contributed by atoms with Crippen LogP contribution >= 0.6 is 23.1 Å². The summed E-state index contributed by atoms with van der Waals surface area (Å²) >= 11 is 3.14. The van der Waals surface area contributed by atoms with E-state index >= 15 is 0 Å². The number of thiophene rings is 1. The number of thioether (sulfide) groups is 1. The normalized spacial score (nSPS) is 17.6. The van der Waals surface area contributed by atoms with Crippen LogP contribution in [0.4, 0.5) is 0 Å². The number of hydrogen-bond donors (Lipinski definition) is 0. The van der Waals surface area contributed by atoms with Crippen LogP contribution < -0.4 is 0 Å². The standard InChI is InChI=1S/C18H26N4O2S2/c1-14-7-3-4-9-21(14)16(23)13-26-18-20-19-17(15-8-5-12-25-15)22(18)10-6-11-24-2/h5,8,12,14H,3-4,6-7,9-11,13H2,1-2H3/t14-/m1/s1. The predicted octanol–water partition coefficient (Wildman–Crippen LogP) is 3.54. The molecule has 26 heavy (non-hydrogen) atoms. The minimum atomic E-state index is 0.200. The van der Waals surface area contributed by atoms with E-state index in [-0.39, 0.29) is 5.91 Å². The van der Waals surface area contributed by atoms with Gasteiger partial charge in [0.15, 0.2) is 11.0 Å². The molecule has 0 spiro atoms. The highest BCUT2D eigenvalue weighted by molar-refractivity contribution is 7.99. The van der Waals surface area contributed by atoms with Crippen LogP contribution in [0.25, 0.3) is 10.7 Å². The van der Waals surface area contributed by atoms with E-state index in [1.54, 1.807) is 18.4 Å². The van der Waals surface area contributed by atoms with Crippen molar-refractivity contribution in [1.82, 2.24) is 19.7 Å². The van der Waals surface area contributed by atoms with Crippen LogP contribution in [0, 0.1) is 0 Å². The summed E-state index contributed by atoms with van der Waals surface area (Å²) in [6.07, 6.45) is 4.32. The van der Waals surface area contributed by atoms with Gasteiger partial charge in [-0.1, -0.05) is 17.8 Å². The average Bonchev–Trinajstić information content (AvgIpc) is 3.30. The zero-order valence-electron chi connectivity index (χ0n) is 15.4. The number of hydrogen-bond acceptors (Lipinski definition) is 6. The van der Waals surface area contributed by atoms with Crippen molar-refractivity contribution in [3.05, 3.63) is 17.5 Å². The topological polar surface area (TPSA) is 60.2 Å². The Balaban J connectivity index is 1.69. The number of carbonyl (C=O) groups excluding carboxylic acids is 1. The number of piperidine rings is 1. The molecule has 142 valence electrons. The number of likely N-dealkylation sites (tertiary alicyclic amines) is 1. The molecule has 3 heterocycles. The summed E-state index contributed by atoms with van der Waals surface area (Å²) in [6.45, 7) is 4.49. The molecule has 2 aromatic rings. The molecule has 0 N–H and O–H groups in total. The van der Waals surface area contributed by atoms with Gasteiger partial charge in [-0.15, -0.1) is 21.5 Å². The molecule has 1 atom stereocenters. The van der Waals surface area contributed by atoms with Crippen molar-refractivity contribution in [1.29, 1.82) is 0 Å². The zero-order valence-corrected chi connectivity index (χ0v) is 17.0. The fourth-order valence-corrected chi connectivity index (χ4v) is 4.80. The lowest BCUT2D eigenvalue weighted by atomic mass is 10.0. The Bertz CT molecular complexity index is 702. The molecular weight excluding hydrogens is 368 g/mol. The third kappa shape index (κ3) is 4.66. The summed E-state index contributed by atoms with van der Waals surface area (Å²) in [4.78, 5) is 15.7. The van der Waals surface area contributed by atoms with Crippen LogP contribution in [0.1, 0.15) is 32.6 Å². The van der Waals surface area contributed by atoms with Gasteiger partial charge >= 0.3 is 0 Å². The predicted molar refractivity (Wildman–Crippen MR) is 106 cm³/mol. The first-order valence-electron chi connectivity index (χ1n) is 9.09. The Morgan fingerprint density at radius 2 is 2.31 bits per heavy atom. The van der Waals surface area contributed by atoms with Gasteiger partial charge in [0.2, 0.25) is 5.91 Å². The molecule has 0 aliphatic carbocycles. The van der Waals surface area contributed by atoms with Gasteiger partial charge < -0.3 is 14.2 Å². The molecule has 3 rings (SSSR count). The van der Waals surface area contributed by atoms with Crippen molar-refractivity contribution in [3.63, 3.8) is 0 Å². The van der Waals surface area contributed by atoms with Crippen molar-refractivity contribution in [2.75, 3.05) is 26.0 Å². The Labute approximate surface area is 162 Å². The van der Waals surface area contributed by atoms with Crippen molar-refractivity contribution < 1.29 is 9.53 Å². The fourth-order valence-electron chi connectivity index (χ4n) is 3.23. The van der Waals surface area contributed by atoms with Crippen LogP contribution in [-0.2, 0) is 16.1 Å². The maximum atomic E-state index is 12.6. The Kier molecular flexibility index (Phi) is 7.10. The van der Waals surface area contributed by atoms with Crippen LogP contribution in [0.2, 0.25) is 0 Å². The van der Waals surface area contributed by atoms with E-state index in [1.165, 1.54) is 18.2 Å². The second-order valence-electron chi connectivity index (χ2n) is 6.50. The number of methoxy groups -OCH3 is 1. The lowest BCUT2D eigenvalue weighted by molar-refractivity contribution is -0.131. The zero-order chi connectivity index (χ0) is 18.4. The summed E-state index contributed by atoms with van der Waals surface area (Å²) in [5.41, 5.74) is 0. The van der Waals surface area contributed by atoms with Crippen LogP contribution in [0.5, 0.6) is 0 Å².